The number of hydrogen-bond acceptors (Lipinski definition) is 28. The van der Waals surface area contributed by atoms with Gasteiger partial charge in [-0.3, -0.25) is 47.4 Å². The van der Waals surface area contributed by atoms with E-state index in [0.717, 1.165) is 18.1 Å². The zero-order valence-electron chi connectivity index (χ0n) is 87.6. The molecule has 8 fully saturated rings. The predicted molar refractivity (Wildman–Crippen MR) is 545 cm³/mol. The van der Waals surface area contributed by atoms with Gasteiger partial charge in [-0.2, -0.15) is 0 Å². The molecule has 8 aliphatic rings. The molecule has 2 aromatic carbocycles. The minimum absolute atomic E-state index is 0.00660. The summed E-state index contributed by atoms with van der Waals surface area (Å²) >= 11 is 0. The summed E-state index contributed by atoms with van der Waals surface area (Å²) in [5.74, 6) is 15.5. The zero-order valence-corrected chi connectivity index (χ0v) is 91.6. The highest BCUT2D eigenvalue weighted by Crippen LogP contribution is 2.55. The summed E-state index contributed by atoms with van der Waals surface area (Å²) in [6.07, 6.45) is -16.1. The molecule has 8 aromatic rings. The van der Waals surface area contributed by atoms with Gasteiger partial charge in [0.25, 0.3) is 22.9 Å². The van der Waals surface area contributed by atoms with Crippen LogP contribution in [-0.2, 0) is 74.5 Å². The third kappa shape index (κ3) is 20.3. The number of nitrogens with one attached hydrogen (secondary N) is 4. The second-order valence-corrected chi connectivity index (χ2v) is 64.5. The number of fused-ring (bicyclic) bond motifs is 6. The van der Waals surface area contributed by atoms with Crippen LogP contribution in [-0.4, -0.2) is 225 Å². The van der Waals surface area contributed by atoms with E-state index in [4.69, 9.17) is 99.5 Å². The number of H-pyrrole nitrogens is 2. The minimum atomic E-state index is -3.20. The van der Waals surface area contributed by atoms with Crippen molar-refractivity contribution in [2.45, 2.75) is 408 Å². The molecule has 16 rings (SSSR count). The van der Waals surface area contributed by atoms with Gasteiger partial charge in [0.15, 0.2) is 102 Å². The molecule has 36 nitrogen and oxygen atoms in total. The molecule has 0 aliphatic carbocycles. The number of imidazole rings is 2. The van der Waals surface area contributed by atoms with Gasteiger partial charge < -0.3 is 85.2 Å². The fourth-order valence-corrected chi connectivity index (χ4v) is 43.0. The van der Waals surface area contributed by atoms with Crippen molar-refractivity contribution in [3.8, 4) is 35.5 Å². The molecule has 8 aliphatic heterocycles. The Kier molecular flexibility index (Phi) is 30.6. The van der Waals surface area contributed by atoms with Crippen molar-refractivity contribution in [3.05, 3.63) is 162 Å². The second-order valence-electron chi connectivity index (χ2n) is 43.5. The lowest BCUT2D eigenvalue weighted by Crippen LogP contribution is -2.53. The van der Waals surface area contributed by atoms with Gasteiger partial charge in [-0.05, 0) is 165 Å². The van der Waals surface area contributed by atoms with E-state index >= 15 is 4.79 Å². The predicted octanol–water partition coefficient (Wildman–Crippen LogP) is 15.7. The molecule has 2 amide bonds. The first kappa shape index (κ1) is 107. The summed E-state index contributed by atoms with van der Waals surface area (Å²) in [6.45, 7) is 60.0. The number of hydrogen-bond donors (Lipinski definition) is 4. The van der Waals surface area contributed by atoms with Crippen LogP contribution in [0.3, 0.4) is 0 Å². The summed E-state index contributed by atoms with van der Waals surface area (Å²) in [5.41, 5.74) is -1.99. The maximum Gasteiger partial charge on any atom is 0.331 e. The molecule has 0 bridgehead atoms. The SMILES string of the molecule is CC[Si](CC)(CC)OC[C@H]1O[C@@H](n2c(C#C[C@@H](O[Si](C(C)C)(C(C)C)C(C)C)[C@H]3O[C@@H](n4c(C#C[C@@H](O[Si](C(C)C)(C(C)C)C(C)C)[C@H]5O[C@@H](n6c(C#C[C@@H](O[Si](C(C)C)(C(C)C)C(C)C)[C@H]7O[C@@H](n8ccc(=O)[nH]c8=O)[C@@H]8OC(C)(C)O[C@@H]87)cc(=O)[nH]c6=O)[C@@H]6OC(C)(C)O[C@@H]65)nc5c(NC(=O)c6ccccc6)ncnc54)[C@@H]4OC(C)(C)O[C@@H]43)nc3c(NC(=O)c4ccccc4)ncnc32)[C@@H]2OC(C)(C)O[C@@H]21. The topological polar surface area (TPSA) is 403 Å². The Balaban J connectivity index is 0.862. The van der Waals surface area contributed by atoms with Gasteiger partial charge in [-0.25, -0.2) is 39.5 Å². The molecule has 772 valence electrons. The van der Waals surface area contributed by atoms with Gasteiger partial charge in [-0.1, -0.05) is 200 Å². The van der Waals surface area contributed by atoms with Crippen LogP contribution in [0.2, 0.25) is 68.0 Å². The first-order valence-electron chi connectivity index (χ1n) is 50.6. The molecule has 19 atom stereocenters. The van der Waals surface area contributed by atoms with Crippen LogP contribution >= 0.6 is 0 Å². The number of benzene rings is 2. The Morgan fingerprint density at radius 2 is 0.748 bits per heavy atom. The maximum atomic E-state index is 15.5. The van der Waals surface area contributed by atoms with Crippen molar-refractivity contribution in [3.63, 3.8) is 0 Å². The minimum Gasteiger partial charge on any atom is -0.414 e. The third-order valence-electron chi connectivity index (χ3n) is 30.2. The first-order chi connectivity index (χ1) is 67.5. The Labute approximate surface area is 839 Å². The molecule has 6 aromatic heterocycles. The van der Waals surface area contributed by atoms with Crippen molar-refractivity contribution in [1.82, 2.24) is 58.1 Å². The fourth-order valence-electron chi connectivity index (χ4n) is 24.0. The largest absolute Gasteiger partial charge is 0.414 e. The Hall–Kier alpha value is -9.25. The number of carbonyl (C=O) groups excluding carboxylic acids is 2. The smallest absolute Gasteiger partial charge is 0.331 e. The average Bonchev–Trinajstić information content (AvgIpc) is 1.59. The summed E-state index contributed by atoms with van der Waals surface area (Å²) in [4.78, 5) is 120. The van der Waals surface area contributed by atoms with Crippen LogP contribution in [0.5, 0.6) is 0 Å². The molecule has 143 heavy (non-hydrogen) atoms. The fraction of sp³-hybridized carbons (Fsp3) is 0.631. The molecule has 0 saturated carbocycles. The standard InChI is InChI=1S/C103H142N14O22Si4/c1-30-140(31-2,32-3)124-52-70-80-84(133-100(22,23)129-80)96(125-70)116-71(108-75-88(104-53-106-90(75)116)112-92(120)64-39-35-33-36-40-64)47-45-69(139-143(61(16)17,62(18)19)63(20)21)79-83-87(136-103(28,29)132-83)97(128-79)117-72(109-76-89(105-54-107-91(76)117)113-93(121)65-41-37-34-38-42-65)48-46-68(138-142(58(10)11,59(12)13)60(14)15)78-82-86(135-102(26,27)131-82)95(127-78)115-66(51-74(119)111-99(115)123)43-44-67(137-141(55(4)5,56(6)7)57(8)9)77-81-85(134-101(24,25)130-81)94(126-77)114-50-49-73(118)110-98(114)122/h33-42,49-51,53-63,67-70,77-87,94-97H,30-32,52H2,1-29H3,(H,110,118,122)(H,111,119,123)(H,104,106,112,120)(H,105,107,113,121)/t67-,68-,69-,70-,77-,78-,79-,80-,81-,82-,83-,84-,85-,86-,87-,94-,95-,96-,97-/m1/s1. The molecule has 40 heteroatoms. The van der Waals surface area contributed by atoms with Crippen LogP contribution < -0.4 is 33.1 Å². The average molecular weight is 2040 g/mol. The highest BCUT2D eigenvalue weighted by Gasteiger charge is 2.66. The van der Waals surface area contributed by atoms with Gasteiger partial charge in [-0.15, -0.1) is 0 Å². The number of ether oxygens (including phenoxy) is 12. The molecular weight excluding hydrogens is 1900 g/mol. The molecule has 0 spiro atoms. The van der Waals surface area contributed by atoms with Crippen LogP contribution in [0.1, 0.15) is 264 Å². The normalized spacial score (nSPS) is 26.5. The van der Waals surface area contributed by atoms with Gasteiger partial charge in [0.05, 0.1) is 6.61 Å². The molecule has 8 saturated heterocycles. The van der Waals surface area contributed by atoms with Crippen molar-refractivity contribution >= 4 is 79.0 Å². The van der Waals surface area contributed by atoms with Crippen molar-refractivity contribution in [2.75, 3.05) is 17.2 Å². The van der Waals surface area contributed by atoms with Crippen molar-refractivity contribution in [2.24, 2.45) is 0 Å². The zero-order chi connectivity index (χ0) is 103. The van der Waals surface area contributed by atoms with E-state index in [1.54, 1.807) is 85.4 Å². The van der Waals surface area contributed by atoms with E-state index in [1.165, 1.54) is 40.1 Å². The molecule has 0 radical (unpaired) electrons. The Morgan fingerprint density at radius 3 is 1.13 bits per heavy atom. The molecule has 0 unspecified atom stereocenters. The van der Waals surface area contributed by atoms with Gasteiger partial charge >= 0.3 is 11.4 Å². The highest BCUT2D eigenvalue weighted by molar-refractivity contribution is 6.79. The van der Waals surface area contributed by atoms with E-state index in [-0.39, 0.29) is 108 Å². The van der Waals surface area contributed by atoms with E-state index in [0.29, 0.717) is 11.1 Å². The van der Waals surface area contributed by atoms with Crippen LogP contribution in [0.15, 0.2) is 111 Å². The molecular formula is C103H142N14O22Si4. The van der Waals surface area contributed by atoms with Gasteiger partial charge in [0.1, 0.15) is 110 Å². The Morgan fingerprint density at radius 1 is 0.413 bits per heavy atom. The molecule has 4 N–H and O–H groups in total. The number of aromatic amines is 2. The van der Waals surface area contributed by atoms with E-state index in [1.807, 2.05) is 39.8 Å². The lowest BCUT2D eigenvalue weighted by Gasteiger charge is -2.45. The van der Waals surface area contributed by atoms with E-state index < -0.39 is 207 Å². The molecule has 14 heterocycles. The summed E-state index contributed by atoms with van der Waals surface area (Å²) < 4.78 is 122. The quantitative estimate of drug-likeness (QED) is 0.0225. The van der Waals surface area contributed by atoms with Crippen LogP contribution in [0, 0.1) is 35.5 Å². The summed E-state index contributed by atoms with van der Waals surface area (Å²) in [6, 6.07) is 22.6. The Bertz CT molecular complexity index is 6380. The number of anilines is 2. The monoisotopic (exact) mass is 2040 g/mol. The van der Waals surface area contributed by atoms with E-state index in [2.05, 4.69) is 207 Å². The second kappa shape index (κ2) is 41.1. The summed E-state index contributed by atoms with van der Waals surface area (Å²) in [5, 5.41) is 6.06. The lowest BCUT2D eigenvalue weighted by molar-refractivity contribution is -0.204. The van der Waals surface area contributed by atoms with Crippen LogP contribution in [0.25, 0.3) is 22.3 Å². The van der Waals surface area contributed by atoms with Gasteiger partial charge in [0, 0.05) is 29.5 Å². The van der Waals surface area contributed by atoms with E-state index in [9.17, 15) is 24.0 Å². The first-order valence-corrected chi connectivity index (χ1v) is 59.5. The van der Waals surface area contributed by atoms with Crippen molar-refractivity contribution in [1.29, 1.82) is 0 Å². The third-order valence-corrected chi connectivity index (χ3v) is 53.0. The number of aromatic nitrogens is 12. The van der Waals surface area contributed by atoms with Crippen LogP contribution in [0.4, 0.5) is 11.6 Å². The summed E-state index contributed by atoms with van der Waals surface area (Å²) in [7, 11) is -11.6. The number of rotatable bonds is 32. The highest BCUT2D eigenvalue weighted by atomic mass is 28.4. The lowest BCUT2D eigenvalue weighted by atomic mass is 10.1. The number of amides is 2. The number of carbonyl (C=O) groups is 2. The van der Waals surface area contributed by atoms with Crippen molar-refractivity contribution < 1.29 is 84.1 Å². The number of nitrogens with zero attached hydrogens (tertiary/aromatic N) is 10. The van der Waals surface area contributed by atoms with Gasteiger partial charge in [0.2, 0.25) is 25.0 Å². The maximum absolute atomic E-state index is 15.5.